The van der Waals surface area contributed by atoms with E-state index in [4.69, 9.17) is 4.98 Å². The fraction of sp³-hybridized carbons (Fsp3) is 0.722. The Balaban J connectivity index is 1.49. The molecule has 1 unspecified atom stereocenters. The summed E-state index contributed by atoms with van der Waals surface area (Å²) in [7, 11) is 0. The van der Waals surface area contributed by atoms with Gasteiger partial charge in [0.15, 0.2) is 5.16 Å². The monoisotopic (exact) mass is 362 g/mol. The van der Waals surface area contributed by atoms with Crippen LogP contribution in [0.15, 0.2) is 9.95 Å². The van der Waals surface area contributed by atoms with Gasteiger partial charge in [0.25, 0.3) is 5.56 Å². The lowest BCUT2D eigenvalue weighted by Gasteiger charge is -2.34. The molecule has 4 rings (SSSR count). The van der Waals surface area contributed by atoms with Gasteiger partial charge < -0.3 is 9.80 Å². The van der Waals surface area contributed by atoms with E-state index in [0.29, 0.717) is 6.42 Å². The van der Waals surface area contributed by atoms with Gasteiger partial charge in [-0.15, -0.1) is 0 Å². The molecule has 3 aliphatic rings. The molecule has 1 atom stereocenters. The molecule has 0 saturated carbocycles. The van der Waals surface area contributed by atoms with Crippen molar-refractivity contribution < 1.29 is 4.79 Å². The summed E-state index contributed by atoms with van der Waals surface area (Å²) in [4.78, 5) is 34.7. The van der Waals surface area contributed by atoms with Gasteiger partial charge in [-0.2, -0.15) is 0 Å². The van der Waals surface area contributed by atoms with Crippen molar-refractivity contribution in [3.05, 3.63) is 21.6 Å². The van der Waals surface area contributed by atoms with E-state index in [1.807, 2.05) is 9.47 Å². The first-order chi connectivity index (χ1) is 12.2. The van der Waals surface area contributed by atoms with E-state index in [2.05, 4.69) is 11.8 Å². The Morgan fingerprint density at radius 1 is 1.20 bits per heavy atom. The van der Waals surface area contributed by atoms with E-state index in [9.17, 15) is 9.59 Å². The number of aryl methyl sites for hydroxylation is 1. The SMILES string of the molecule is CCN1CCN(C(=O)CC2CSc3nc4c(c(=O)n32)CCCC4)CC1. The molecule has 1 fully saturated rings. The zero-order chi connectivity index (χ0) is 17.4. The maximum Gasteiger partial charge on any atom is 0.257 e. The number of carbonyl (C=O) groups is 1. The highest BCUT2D eigenvalue weighted by Crippen LogP contribution is 2.34. The number of amides is 1. The van der Waals surface area contributed by atoms with E-state index in [-0.39, 0.29) is 17.5 Å². The van der Waals surface area contributed by atoms with Crippen molar-refractivity contribution in [1.29, 1.82) is 0 Å². The van der Waals surface area contributed by atoms with Gasteiger partial charge in [-0.3, -0.25) is 14.2 Å². The number of rotatable bonds is 3. The Labute approximate surface area is 152 Å². The minimum absolute atomic E-state index is 0.0380. The summed E-state index contributed by atoms with van der Waals surface area (Å²) in [6, 6.07) is -0.0380. The third kappa shape index (κ3) is 3.24. The van der Waals surface area contributed by atoms with Crippen molar-refractivity contribution in [2.45, 2.75) is 50.2 Å². The third-order valence-electron chi connectivity index (χ3n) is 5.70. The average molecular weight is 362 g/mol. The van der Waals surface area contributed by atoms with Crippen LogP contribution in [-0.4, -0.2) is 63.7 Å². The Morgan fingerprint density at radius 2 is 1.96 bits per heavy atom. The van der Waals surface area contributed by atoms with Crippen molar-refractivity contribution in [1.82, 2.24) is 19.4 Å². The lowest BCUT2D eigenvalue weighted by Crippen LogP contribution is -2.49. The Bertz CT molecular complexity index is 725. The number of hydrogen-bond donors (Lipinski definition) is 0. The number of carbonyl (C=O) groups excluding carboxylic acids is 1. The molecule has 0 N–H and O–H groups in total. The van der Waals surface area contributed by atoms with Crippen LogP contribution < -0.4 is 5.56 Å². The predicted molar refractivity (Wildman–Crippen MR) is 98.2 cm³/mol. The minimum atomic E-state index is -0.0380. The first-order valence-electron chi connectivity index (χ1n) is 9.44. The molecule has 0 spiro atoms. The summed E-state index contributed by atoms with van der Waals surface area (Å²) in [6.07, 6.45) is 4.38. The smallest absolute Gasteiger partial charge is 0.257 e. The van der Waals surface area contributed by atoms with E-state index >= 15 is 0 Å². The first-order valence-corrected chi connectivity index (χ1v) is 10.4. The summed E-state index contributed by atoms with van der Waals surface area (Å²) >= 11 is 1.63. The Kier molecular flexibility index (Phi) is 4.86. The molecule has 25 heavy (non-hydrogen) atoms. The quantitative estimate of drug-likeness (QED) is 0.759. The van der Waals surface area contributed by atoms with Crippen molar-refractivity contribution >= 4 is 17.7 Å². The highest BCUT2D eigenvalue weighted by molar-refractivity contribution is 7.99. The molecule has 1 aliphatic carbocycles. The lowest BCUT2D eigenvalue weighted by molar-refractivity contribution is -0.133. The van der Waals surface area contributed by atoms with Crippen LogP contribution in [-0.2, 0) is 17.6 Å². The number of likely N-dealkylation sites (N-methyl/N-ethyl adjacent to an activating group) is 1. The van der Waals surface area contributed by atoms with Crippen molar-refractivity contribution in [2.24, 2.45) is 0 Å². The summed E-state index contributed by atoms with van der Waals surface area (Å²) in [6.45, 7) is 6.71. The van der Waals surface area contributed by atoms with Gasteiger partial charge in [0.2, 0.25) is 5.91 Å². The Hall–Kier alpha value is -1.34. The maximum atomic E-state index is 12.9. The summed E-state index contributed by atoms with van der Waals surface area (Å²) < 4.78 is 1.81. The molecule has 3 heterocycles. The molecular formula is C18H26N4O2S. The first kappa shape index (κ1) is 17.1. The summed E-state index contributed by atoms with van der Waals surface area (Å²) in [5, 5.41) is 0.819. The summed E-state index contributed by atoms with van der Waals surface area (Å²) in [5.41, 5.74) is 2.00. The fourth-order valence-electron chi connectivity index (χ4n) is 4.11. The molecule has 2 aliphatic heterocycles. The molecule has 1 amide bonds. The molecule has 0 bridgehead atoms. The third-order valence-corrected chi connectivity index (χ3v) is 6.80. The zero-order valence-electron chi connectivity index (χ0n) is 14.9. The van der Waals surface area contributed by atoms with Crippen LogP contribution in [0.4, 0.5) is 0 Å². The molecule has 6 nitrogen and oxygen atoms in total. The molecule has 136 valence electrons. The van der Waals surface area contributed by atoms with Gasteiger partial charge >= 0.3 is 0 Å². The van der Waals surface area contributed by atoms with Gasteiger partial charge in [-0.25, -0.2) is 4.98 Å². The molecule has 1 aromatic rings. The highest BCUT2D eigenvalue weighted by atomic mass is 32.2. The number of nitrogens with zero attached hydrogens (tertiary/aromatic N) is 4. The van der Waals surface area contributed by atoms with E-state index in [1.165, 1.54) is 0 Å². The average Bonchev–Trinajstić information content (AvgIpc) is 3.05. The number of piperazine rings is 1. The fourth-order valence-corrected chi connectivity index (χ4v) is 5.26. The van der Waals surface area contributed by atoms with Gasteiger partial charge in [-0.1, -0.05) is 18.7 Å². The normalized spacial score (nSPS) is 23.4. The highest BCUT2D eigenvalue weighted by Gasteiger charge is 2.32. The Morgan fingerprint density at radius 3 is 2.72 bits per heavy atom. The van der Waals surface area contributed by atoms with Crippen LogP contribution in [0.25, 0.3) is 0 Å². The van der Waals surface area contributed by atoms with Crippen LogP contribution in [0, 0.1) is 0 Å². The number of fused-ring (bicyclic) bond motifs is 2. The van der Waals surface area contributed by atoms with Crippen molar-refractivity contribution in [3.8, 4) is 0 Å². The van der Waals surface area contributed by atoms with Crippen molar-refractivity contribution in [3.63, 3.8) is 0 Å². The topological polar surface area (TPSA) is 58.4 Å². The standard InChI is InChI=1S/C18H26N4O2S/c1-2-20-7-9-21(10-8-20)16(23)11-13-12-25-18-19-15-6-4-3-5-14(15)17(24)22(13)18/h13H,2-12H2,1H3. The second-order valence-corrected chi connectivity index (χ2v) is 8.17. The van der Waals surface area contributed by atoms with Crippen LogP contribution in [0.5, 0.6) is 0 Å². The second kappa shape index (κ2) is 7.11. The zero-order valence-corrected chi connectivity index (χ0v) is 15.7. The molecular weight excluding hydrogens is 336 g/mol. The lowest BCUT2D eigenvalue weighted by atomic mass is 9.97. The van der Waals surface area contributed by atoms with Crippen LogP contribution >= 0.6 is 11.8 Å². The number of hydrogen-bond acceptors (Lipinski definition) is 5. The predicted octanol–water partition coefficient (Wildman–Crippen LogP) is 1.32. The van der Waals surface area contributed by atoms with Gasteiger partial charge in [0, 0.05) is 43.9 Å². The van der Waals surface area contributed by atoms with Gasteiger partial charge in [0.05, 0.1) is 11.7 Å². The van der Waals surface area contributed by atoms with E-state index in [0.717, 1.165) is 80.6 Å². The molecule has 7 heteroatoms. The molecule has 0 aromatic carbocycles. The number of aromatic nitrogens is 2. The van der Waals surface area contributed by atoms with E-state index in [1.54, 1.807) is 11.8 Å². The van der Waals surface area contributed by atoms with E-state index < -0.39 is 0 Å². The van der Waals surface area contributed by atoms with Crippen LogP contribution in [0.2, 0.25) is 0 Å². The van der Waals surface area contributed by atoms with Crippen LogP contribution in [0.1, 0.15) is 43.5 Å². The van der Waals surface area contributed by atoms with Crippen molar-refractivity contribution in [2.75, 3.05) is 38.5 Å². The van der Waals surface area contributed by atoms with Crippen LogP contribution in [0.3, 0.4) is 0 Å². The van der Waals surface area contributed by atoms with Gasteiger partial charge in [-0.05, 0) is 32.2 Å². The van der Waals surface area contributed by atoms with Gasteiger partial charge in [0.1, 0.15) is 0 Å². The number of thioether (sulfide) groups is 1. The molecule has 1 saturated heterocycles. The summed E-state index contributed by atoms with van der Waals surface area (Å²) in [5.74, 6) is 0.963. The minimum Gasteiger partial charge on any atom is -0.340 e. The molecule has 1 aromatic heterocycles. The molecule has 0 radical (unpaired) electrons. The largest absolute Gasteiger partial charge is 0.340 e. The maximum absolute atomic E-state index is 12.9. The second-order valence-electron chi connectivity index (χ2n) is 7.19.